The lowest BCUT2D eigenvalue weighted by Crippen LogP contribution is -2.31. The van der Waals surface area contributed by atoms with E-state index in [9.17, 15) is 27.5 Å². The summed E-state index contributed by atoms with van der Waals surface area (Å²) in [5.74, 6) is -1.93. The predicted molar refractivity (Wildman–Crippen MR) is 140 cm³/mol. The summed E-state index contributed by atoms with van der Waals surface area (Å²) in [5, 5.41) is 13.6. The normalized spacial score (nSPS) is 12.5. The van der Waals surface area contributed by atoms with Crippen LogP contribution in [-0.4, -0.2) is 57.0 Å². The van der Waals surface area contributed by atoms with Gasteiger partial charge in [0.05, 0.1) is 17.7 Å². The highest BCUT2D eigenvalue weighted by atomic mass is 35.5. The number of benzene rings is 2. The number of alkyl halides is 3. The van der Waals surface area contributed by atoms with Gasteiger partial charge in [-0.3, -0.25) is 4.57 Å². The van der Waals surface area contributed by atoms with Crippen molar-refractivity contribution < 1.29 is 41.6 Å². The van der Waals surface area contributed by atoms with Crippen LogP contribution in [0.1, 0.15) is 19.7 Å². The minimum Gasteiger partial charge on any atom is -0.489 e. The van der Waals surface area contributed by atoms with Crippen LogP contribution in [0.15, 0.2) is 41.3 Å². The molecule has 2 aromatic carbocycles. The van der Waals surface area contributed by atoms with Gasteiger partial charge in [-0.05, 0) is 43.5 Å². The molecule has 0 amide bonds. The number of aliphatic hydroxyl groups excluding tert-OH is 1. The van der Waals surface area contributed by atoms with Crippen LogP contribution in [0.25, 0.3) is 16.5 Å². The number of methoxy groups -OCH3 is 1. The van der Waals surface area contributed by atoms with Crippen LogP contribution < -0.4 is 19.9 Å². The highest BCUT2D eigenvalue weighted by Gasteiger charge is 2.38. The first-order valence-corrected chi connectivity index (χ1v) is 12.6. The quantitative estimate of drug-likeness (QED) is 0.189. The summed E-state index contributed by atoms with van der Waals surface area (Å²) >= 11 is 6.34. The molecule has 4 aromatic rings. The van der Waals surface area contributed by atoms with Crippen LogP contribution in [0.2, 0.25) is 5.02 Å². The second-order valence-electron chi connectivity index (χ2n) is 8.60. The SMILES string of the molecule is CCn1c(CO)nn(-c2cc(OC(C)C(F)(F)F)c3c(Oc4c(F)ccc(OCCOC)c4Cl)nccc3c2)c1=O. The Hall–Kier alpha value is -3.88. The minimum atomic E-state index is -4.75. The molecule has 220 valence electrons. The molecule has 4 rings (SSSR count). The van der Waals surface area contributed by atoms with Gasteiger partial charge in [-0.1, -0.05) is 11.6 Å². The Morgan fingerprint density at radius 3 is 2.54 bits per heavy atom. The maximum absolute atomic E-state index is 14.8. The number of aliphatic hydroxyl groups is 1. The molecule has 0 radical (unpaired) electrons. The zero-order chi connectivity index (χ0) is 29.9. The van der Waals surface area contributed by atoms with E-state index in [1.54, 1.807) is 6.92 Å². The van der Waals surface area contributed by atoms with E-state index in [0.717, 1.165) is 23.7 Å². The number of hydrogen-bond donors (Lipinski definition) is 1. The van der Waals surface area contributed by atoms with Gasteiger partial charge in [0.25, 0.3) is 0 Å². The second-order valence-corrected chi connectivity index (χ2v) is 8.98. The molecular formula is C26H25ClF4N4O6. The smallest absolute Gasteiger partial charge is 0.425 e. The molecule has 0 aliphatic heterocycles. The van der Waals surface area contributed by atoms with Crippen molar-refractivity contribution in [2.45, 2.75) is 39.3 Å². The number of ether oxygens (including phenoxy) is 4. The molecule has 10 nitrogen and oxygen atoms in total. The molecule has 2 heterocycles. The van der Waals surface area contributed by atoms with Crippen LogP contribution in [0, 0.1) is 5.82 Å². The minimum absolute atomic E-state index is 0.0451. The van der Waals surface area contributed by atoms with E-state index in [1.165, 1.54) is 36.1 Å². The molecule has 0 aliphatic carbocycles. The van der Waals surface area contributed by atoms with Crippen molar-refractivity contribution in [2.75, 3.05) is 20.3 Å². The maximum Gasteiger partial charge on any atom is 0.425 e. The first-order valence-electron chi connectivity index (χ1n) is 12.2. The third-order valence-corrected chi connectivity index (χ3v) is 6.30. The Bertz CT molecular complexity index is 1610. The molecule has 0 saturated carbocycles. The number of nitrogens with zero attached hydrogens (tertiary/aromatic N) is 4. The van der Waals surface area contributed by atoms with Gasteiger partial charge in [0.15, 0.2) is 23.5 Å². The summed E-state index contributed by atoms with van der Waals surface area (Å²) in [6.45, 7) is 2.46. The van der Waals surface area contributed by atoms with Crippen molar-refractivity contribution >= 4 is 22.4 Å². The van der Waals surface area contributed by atoms with Gasteiger partial charge < -0.3 is 24.1 Å². The molecule has 0 spiro atoms. The third kappa shape index (κ3) is 6.24. The average Bonchev–Trinajstić information content (AvgIpc) is 3.26. The molecule has 0 fully saturated rings. The molecule has 0 saturated heterocycles. The molecular weight excluding hydrogens is 576 g/mol. The molecule has 0 bridgehead atoms. The van der Waals surface area contributed by atoms with E-state index in [2.05, 4.69) is 10.1 Å². The number of fused-ring (bicyclic) bond motifs is 1. The van der Waals surface area contributed by atoms with Gasteiger partial charge in [0.2, 0.25) is 5.88 Å². The van der Waals surface area contributed by atoms with Crippen LogP contribution in [0.5, 0.6) is 23.1 Å². The number of aromatic nitrogens is 4. The molecule has 0 aliphatic rings. The Morgan fingerprint density at radius 1 is 1.15 bits per heavy atom. The fourth-order valence-corrected chi connectivity index (χ4v) is 4.12. The van der Waals surface area contributed by atoms with Gasteiger partial charge in [0.1, 0.15) is 29.7 Å². The fourth-order valence-electron chi connectivity index (χ4n) is 3.87. The van der Waals surface area contributed by atoms with Gasteiger partial charge in [-0.25, -0.2) is 14.2 Å². The standard InChI is InChI=1S/C26H25ClF4N4O6/c1-4-34-20(13-36)33-35(25(34)37)16-11-15-7-8-32-24(21(15)19(12-16)40-14(2)26(29,30)31)41-23-17(28)5-6-18(22(23)27)39-10-9-38-3/h5-8,11-12,14,36H,4,9-10,13H2,1-3H3. The summed E-state index contributed by atoms with van der Waals surface area (Å²) in [6, 6.07) is 6.36. The van der Waals surface area contributed by atoms with E-state index >= 15 is 0 Å². The van der Waals surface area contributed by atoms with E-state index in [0.29, 0.717) is 0 Å². The molecule has 2 aromatic heterocycles. The van der Waals surface area contributed by atoms with Gasteiger partial charge in [-0.15, -0.1) is 5.10 Å². The molecule has 41 heavy (non-hydrogen) atoms. The summed E-state index contributed by atoms with van der Waals surface area (Å²) in [4.78, 5) is 17.0. The maximum atomic E-state index is 14.8. The van der Waals surface area contributed by atoms with Crippen molar-refractivity contribution in [2.24, 2.45) is 0 Å². The topological polar surface area (TPSA) is 110 Å². The van der Waals surface area contributed by atoms with Crippen LogP contribution in [-0.2, 0) is 17.9 Å². The van der Waals surface area contributed by atoms with Crippen molar-refractivity contribution in [3.05, 3.63) is 63.7 Å². The highest BCUT2D eigenvalue weighted by Crippen LogP contribution is 2.43. The number of halogens is 5. The molecule has 1 atom stereocenters. The zero-order valence-corrected chi connectivity index (χ0v) is 22.8. The summed E-state index contributed by atoms with van der Waals surface area (Å²) in [6.07, 6.45) is -5.76. The van der Waals surface area contributed by atoms with Gasteiger partial charge in [-0.2, -0.15) is 17.9 Å². The van der Waals surface area contributed by atoms with Crippen molar-refractivity contribution in [1.29, 1.82) is 0 Å². The van der Waals surface area contributed by atoms with E-state index < -0.39 is 36.1 Å². The molecule has 1 unspecified atom stereocenters. The summed E-state index contributed by atoms with van der Waals surface area (Å²) in [5.41, 5.74) is -0.584. The van der Waals surface area contributed by atoms with E-state index in [-0.39, 0.29) is 64.4 Å². The Morgan fingerprint density at radius 2 is 1.90 bits per heavy atom. The lowest BCUT2D eigenvalue weighted by molar-refractivity contribution is -0.189. The fraction of sp³-hybridized carbons (Fsp3) is 0.346. The van der Waals surface area contributed by atoms with Gasteiger partial charge in [0, 0.05) is 25.9 Å². The second kappa shape index (κ2) is 12.3. The largest absolute Gasteiger partial charge is 0.489 e. The van der Waals surface area contributed by atoms with Crippen LogP contribution >= 0.6 is 11.6 Å². The number of rotatable bonds is 11. The number of hydrogen-bond acceptors (Lipinski definition) is 8. The van der Waals surface area contributed by atoms with E-state index in [1.807, 2.05) is 0 Å². The Kier molecular flexibility index (Phi) is 9.05. The first kappa shape index (κ1) is 30.1. The highest BCUT2D eigenvalue weighted by molar-refractivity contribution is 6.33. The zero-order valence-electron chi connectivity index (χ0n) is 22.0. The van der Waals surface area contributed by atoms with Crippen LogP contribution in [0.4, 0.5) is 17.6 Å². The predicted octanol–water partition coefficient (Wildman–Crippen LogP) is 5.03. The average molecular weight is 601 g/mol. The van der Waals surface area contributed by atoms with Crippen molar-refractivity contribution in [1.82, 2.24) is 19.3 Å². The van der Waals surface area contributed by atoms with Crippen LogP contribution in [0.3, 0.4) is 0 Å². The molecule has 1 N–H and O–H groups in total. The Labute approximate surface area is 235 Å². The Balaban J connectivity index is 1.89. The summed E-state index contributed by atoms with van der Waals surface area (Å²) in [7, 11) is 1.47. The summed E-state index contributed by atoms with van der Waals surface area (Å²) < 4.78 is 79.0. The first-order chi connectivity index (χ1) is 19.5. The number of pyridine rings is 1. The van der Waals surface area contributed by atoms with Crippen molar-refractivity contribution in [3.63, 3.8) is 0 Å². The van der Waals surface area contributed by atoms with Crippen molar-refractivity contribution in [3.8, 4) is 28.8 Å². The lowest BCUT2D eigenvalue weighted by atomic mass is 10.1. The third-order valence-electron chi connectivity index (χ3n) is 5.94. The molecule has 15 heteroatoms. The van der Waals surface area contributed by atoms with E-state index in [4.69, 9.17) is 30.5 Å². The monoisotopic (exact) mass is 600 g/mol. The lowest BCUT2D eigenvalue weighted by Gasteiger charge is -2.20. The van der Waals surface area contributed by atoms with Gasteiger partial charge >= 0.3 is 11.9 Å².